The normalized spacial score (nSPS) is 14.0. The smallest absolute Gasteiger partial charge is 0.463 e. The number of hydrogen-bond acceptors (Lipinski definition) is 5. The monoisotopic (exact) mass is 431 g/mol. The molecule has 0 saturated carbocycles. The highest BCUT2D eigenvalue weighted by atomic mass is 127. The van der Waals surface area contributed by atoms with Crippen LogP contribution in [0, 0.1) is 0 Å². The molecule has 19 heavy (non-hydrogen) atoms. The summed E-state index contributed by atoms with van der Waals surface area (Å²) in [6.07, 6.45) is 0.767. The molecule has 0 radical (unpaired) electrons. The zero-order chi connectivity index (χ0) is 14.8. The number of pyridine rings is 1. The Morgan fingerprint density at radius 2 is 2.05 bits per heavy atom. The van der Waals surface area contributed by atoms with E-state index in [1.807, 2.05) is 22.6 Å². The molecule has 5 nitrogen and oxygen atoms in total. The average molecular weight is 432 g/mol. The van der Waals surface area contributed by atoms with E-state index in [1.54, 1.807) is 6.92 Å². The van der Waals surface area contributed by atoms with Gasteiger partial charge in [-0.25, -0.2) is 4.98 Å². The van der Waals surface area contributed by atoms with Crippen molar-refractivity contribution in [1.82, 2.24) is 4.98 Å². The van der Waals surface area contributed by atoms with E-state index in [1.165, 1.54) is 0 Å². The number of aromatic nitrogens is 1. The summed E-state index contributed by atoms with van der Waals surface area (Å²) in [5.74, 6) is -0.698. The number of alkyl halides is 4. The standard InChI is InChI=1S/C8H6ClF3INO4S/c1-4(13)17-7-6(9)2-5(3-14-7)18-19(15,16)8(10,11)12/h2-4H,1H3. The first-order valence-electron chi connectivity index (χ1n) is 4.50. The predicted octanol–water partition coefficient (Wildman–Crippen LogP) is 3.12. The number of halogens is 5. The minimum Gasteiger partial charge on any atom is -0.463 e. The summed E-state index contributed by atoms with van der Waals surface area (Å²) in [7, 11) is -5.74. The number of hydrogen-bond donors (Lipinski definition) is 0. The Balaban J connectivity index is 2.97. The molecule has 0 saturated heterocycles. The molecule has 0 bridgehead atoms. The van der Waals surface area contributed by atoms with Crippen molar-refractivity contribution >= 4 is 44.3 Å². The van der Waals surface area contributed by atoms with Crippen molar-refractivity contribution in [2.45, 2.75) is 16.5 Å². The second-order valence-electron chi connectivity index (χ2n) is 3.10. The zero-order valence-corrected chi connectivity index (χ0v) is 12.8. The lowest BCUT2D eigenvalue weighted by Crippen LogP contribution is -2.28. The van der Waals surface area contributed by atoms with Gasteiger partial charge in [-0.3, -0.25) is 0 Å². The van der Waals surface area contributed by atoms with Crippen LogP contribution in [0.1, 0.15) is 6.92 Å². The fraction of sp³-hybridized carbons (Fsp3) is 0.375. The Bertz CT molecular complexity index is 564. The van der Waals surface area contributed by atoms with Gasteiger partial charge in [0.25, 0.3) is 0 Å². The van der Waals surface area contributed by atoms with Crippen LogP contribution in [0.4, 0.5) is 13.2 Å². The van der Waals surface area contributed by atoms with Gasteiger partial charge in [0.1, 0.15) is 9.13 Å². The summed E-state index contributed by atoms with van der Waals surface area (Å²) in [6, 6.07) is 0.867. The highest BCUT2D eigenvalue weighted by Gasteiger charge is 2.48. The number of nitrogens with zero attached hydrogens (tertiary/aromatic N) is 1. The van der Waals surface area contributed by atoms with Crippen molar-refractivity contribution in [3.63, 3.8) is 0 Å². The van der Waals surface area contributed by atoms with Crippen LogP contribution in [0.25, 0.3) is 0 Å². The first-order chi connectivity index (χ1) is 8.53. The van der Waals surface area contributed by atoms with Gasteiger partial charge >= 0.3 is 15.6 Å². The van der Waals surface area contributed by atoms with Crippen molar-refractivity contribution < 1.29 is 30.5 Å². The van der Waals surface area contributed by atoms with Crippen molar-refractivity contribution in [2.24, 2.45) is 0 Å². The maximum absolute atomic E-state index is 12.1. The molecule has 0 aliphatic rings. The molecule has 1 aromatic rings. The third kappa shape index (κ3) is 4.53. The Kier molecular flexibility index (Phi) is 5.12. The van der Waals surface area contributed by atoms with E-state index in [4.69, 9.17) is 16.3 Å². The van der Waals surface area contributed by atoms with Crippen molar-refractivity contribution in [2.75, 3.05) is 0 Å². The van der Waals surface area contributed by atoms with Crippen LogP contribution in [0.5, 0.6) is 11.6 Å². The molecule has 1 heterocycles. The molecule has 0 aromatic carbocycles. The van der Waals surface area contributed by atoms with Crippen LogP contribution in [0.3, 0.4) is 0 Å². The topological polar surface area (TPSA) is 65.5 Å². The number of ether oxygens (including phenoxy) is 1. The summed E-state index contributed by atoms with van der Waals surface area (Å²) < 4.78 is 66.4. The maximum atomic E-state index is 12.1. The lowest BCUT2D eigenvalue weighted by atomic mass is 10.4. The van der Waals surface area contributed by atoms with Crippen LogP contribution >= 0.6 is 34.2 Å². The Labute approximate surface area is 125 Å². The fourth-order valence-corrected chi connectivity index (χ4v) is 1.75. The van der Waals surface area contributed by atoms with E-state index < -0.39 is 21.4 Å². The molecule has 0 spiro atoms. The van der Waals surface area contributed by atoms with Gasteiger partial charge < -0.3 is 8.92 Å². The van der Waals surface area contributed by atoms with Crippen molar-refractivity contribution in [1.29, 1.82) is 0 Å². The van der Waals surface area contributed by atoms with Gasteiger partial charge in [0.15, 0.2) is 5.75 Å². The molecule has 1 unspecified atom stereocenters. The number of rotatable bonds is 4. The fourth-order valence-electron chi connectivity index (χ4n) is 0.868. The molecule has 1 aromatic heterocycles. The molecule has 11 heteroatoms. The van der Waals surface area contributed by atoms with Gasteiger partial charge in [-0.05, 0) is 29.5 Å². The van der Waals surface area contributed by atoms with Gasteiger partial charge in [-0.1, -0.05) is 11.6 Å². The average Bonchev–Trinajstić information content (AvgIpc) is 2.19. The van der Waals surface area contributed by atoms with Gasteiger partial charge in [0, 0.05) is 6.07 Å². The van der Waals surface area contributed by atoms with Crippen LogP contribution < -0.4 is 8.92 Å². The van der Waals surface area contributed by atoms with Gasteiger partial charge in [-0.15, -0.1) is 0 Å². The molecular formula is C8H6ClF3INO4S. The Hall–Kier alpha value is -0.490. The largest absolute Gasteiger partial charge is 0.534 e. The SMILES string of the molecule is CC(I)Oc1ncc(OS(=O)(=O)C(F)(F)F)cc1Cl. The molecule has 0 aliphatic heterocycles. The minimum atomic E-state index is -5.74. The molecule has 0 N–H and O–H groups in total. The van der Waals surface area contributed by atoms with Crippen molar-refractivity contribution in [3.8, 4) is 11.6 Å². The summed E-state index contributed by atoms with van der Waals surface area (Å²) in [5.41, 5.74) is -5.52. The third-order valence-corrected chi connectivity index (χ3v) is 3.05. The first kappa shape index (κ1) is 16.6. The zero-order valence-electron chi connectivity index (χ0n) is 9.11. The van der Waals surface area contributed by atoms with Crippen LogP contribution in [-0.4, -0.2) is 23.0 Å². The quantitative estimate of drug-likeness (QED) is 0.317. The highest BCUT2D eigenvalue weighted by molar-refractivity contribution is 14.1. The van der Waals surface area contributed by atoms with E-state index in [2.05, 4.69) is 9.17 Å². The lowest BCUT2D eigenvalue weighted by Gasteiger charge is -2.11. The third-order valence-electron chi connectivity index (χ3n) is 1.55. The molecule has 108 valence electrons. The van der Waals surface area contributed by atoms with Crippen LogP contribution in [0.2, 0.25) is 5.02 Å². The summed E-state index contributed by atoms with van der Waals surface area (Å²) in [4.78, 5) is 3.57. The minimum absolute atomic E-state index is 0.0414. The lowest BCUT2D eigenvalue weighted by molar-refractivity contribution is -0.0500. The summed E-state index contributed by atoms with van der Waals surface area (Å²) >= 11 is 7.58. The second-order valence-corrected chi connectivity index (χ2v) is 6.80. The second kappa shape index (κ2) is 5.87. The van der Waals surface area contributed by atoms with Gasteiger partial charge in [-0.2, -0.15) is 21.6 Å². The van der Waals surface area contributed by atoms with E-state index in [9.17, 15) is 21.6 Å². The Morgan fingerprint density at radius 3 is 2.47 bits per heavy atom. The molecule has 0 aliphatic carbocycles. The predicted molar refractivity (Wildman–Crippen MR) is 69.0 cm³/mol. The summed E-state index contributed by atoms with van der Waals surface area (Å²) in [6.45, 7) is 1.68. The molecule has 0 fully saturated rings. The van der Waals surface area contributed by atoms with Crippen LogP contribution in [0.15, 0.2) is 12.3 Å². The molecular weight excluding hydrogens is 426 g/mol. The first-order valence-corrected chi connectivity index (χ1v) is 7.53. The highest BCUT2D eigenvalue weighted by Crippen LogP contribution is 2.31. The molecule has 1 rings (SSSR count). The molecule has 0 amide bonds. The van der Waals surface area contributed by atoms with Crippen molar-refractivity contribution in [3.05, 3.63) is 17.3 Å². The van der Waals surface area contributed by atoms with E-state index in [-0.39, 0.29) is 15.0 Å². The Morgan fingerprint density at radius 1 is 1.47 bits per heavy atom. The maximum Gasteiger partial charge on any atom is 0.534 e. The summed E-state index contributed by atoms with van der Waals surface area (Å²) in [5, 5.41) is -0.168. The van der Waals surface area contributed by atoms with E-state index >= 15 is 0 Å². The van der Waals surface area contributed by atoms with E-state index in [0.29, 0.717) is 0 Å². The van der Waals surface area contributed by atoms with Gasteiger partial charge in [0.05, 0.1) is 6.20 Å². The molecule has 1 atom stereocenters. The van der Waals surface area contributed by atoms with Gasteiger partial charge in [0.2, 0.25) is 5.88 Å². The van der Waals surface area contributed by atoms with E-state index in [0.717, 1.165) is 12.3 Å². The van der Waals surface area contributed by atoms with Crippen LogP contribution in [-0.2, 0) is 10.1 Å².